The Hall–Kier alpha value is -4.18. The average molecular weight is 497 g/mol. The fraction of sp³-hybridized carbons (Fsp3) is 0.235. The first-order valence-electron chi connectivity index (χ1n) is 13.8. The minimum atomic E-state index is 0.355. The molecule has 4 heteroatoms. The van der Waals surface area contributed by atoms with Crippen LogP contribution in [0.1, 0.15) is 46.9 Å². The molecule has 4 aliphatic heterocycles. The molecule has 4 aliphatic rings. The number of ether oxygens (including phenoxy) is 2. The van der Waals surface area contributed by atoms with E-state index in [1.165, 1.54) is 44.4 Å². The number of rotatable bonds is 2. The Morgan fingerprint density at radius 1 is 0.526 bits per heavy atom. The number of anilines is 2. The maximum Gasteiger partial charge on any atom is 0.161 e. The van der Waals surface area contributed by atoms with E-state index in [0.717, 1.165) is 48.2 Å². The lowest BCUT2D eigenvalue weighted by Gasteiger charge is -2.47. The van der Waals surface area contributed by atoms with E-state index in [-0.39, 0.29) is 0 Å². The van der Waals surface area contributed by atoms with Crippen LogP contribution in [0.2, 0.25) is 0 Å². The first-order chi connectivity index (χ1) is 18.9. The summed E-state index contributed by atoms with van der Waals surface area (Å²) >= 11 is 0. The molecule has 0 radical (unpaired) electrons. The third-order valence-corrected chi connectivity index (χ3v) is 9.23. The summed E-state index contributed by atoms with van der Waals surface area (Å²) in [6.07, 6.45) is 2.18. The summed E-state index contributed by atoms with van der Waals surface area (Å²) in [6, 6.07) is 31.0. The molecule has 5 aromatic rings. The van der Waals surface area contributed by atoms with Crippen LogP contribution >= 0.6 is 0 Å². The predicted octanol–water partition coefficient (Wildman–Crippen LogP) is 7.38. The van der Waals surface area contributed by atoms with E-state index in [1.54, 1.807) is 0 Å². The highest BCUT2D eigenvalue weighted by Gasteiger charge is 2.43. The topological polar surface area (TPSA) is 24.9 Å². The van der Waals surface area contributed by atoms with Gasteiger partial charge in [0, 0.05) is 35.7 Å². The maximum atomic E-state index is 6.61. The normalized spacial score (nSPS) is 20.8. The highest BCUT2D eigenvalue weighted by Crippen LogP contribution is 2.62. The van der Waals surface area contributed by atoms with E-state index in [1.807, 2.05) is 0 Å². The molecule has 186 valence electrons. The molecule has 2 atom stereocenters. The van der Waals surface area contributed by atoms with Crippen LogP contribution in [-0.4, -0.2) is 26.6 Å². The van der Waals surface area contributed by atoms with Crippen molar-refractivity contribution in [2.24, 2.45) is 0 Å². The minimum Gasteiger partial charge on any atom is -0.472 e. The van der Waals surface area contributed by atoms with Gasteiger partial charge in [-0.1, -0.05) is 84.9 Å². The highest BCUT2D eigenvalue weighted by atomic mass is 16.5. The average Bonchev–Trinajstić information content (AvgIpc) is 3.00. The van der Waals surface area contributed by atoms with Crippen molar-refractivity contribution in [2.45, 2.75) is 24.7 Å². The lowest BCUT2D eigenvalue weighted by molar-refractivity contribution is 0.298. The Balaban J connectivity index is 1.50. The zero-order valence-electron chi connectivity index (χ0n) is 21.2. The predicted molar refractivity (Wildman–Crippen MR) is 153 cm³/mol. The van der Waals surface area contributed by atoms with Gasteiger partial charge in [0.2, 0.25) is 0 Å². The molecule has 4 heterocycles. The lowest BCUT2D eigenvalue weighted by Crippen LogP contribution is -2.42. The van der Waals surface area contributed by atoms with Gasteiger partial charge in [-0.25, -0.2) is 0 Å². The molecule has 0 saturated heterocycles. The fourth-order valence-electron chi connectivity index (χ4n) is 7.68. The summed E-state index contributed by atoms with van der Waals surface area (Å²) in [6.45, 7) is 3.17. The van der Waals surface area contributed by atoms with E-state index in [9.17, 15) is 0 Å². The van der Waals surface area contributed by atoms with Crippen LogP contribution in [0.25, 0.3) is 21.5 Å². The smallest absolute Gasteiger partial charge is 0.161 e. The van der Waals surface area contributed by atoms with E-state index >= 15 is 0 Å². The summed E-state index contributed by atoms with van der Waals surface area (Å²) < 4.78 is 13.2. The van der Waals surface area contributed by atoms with Crippen LogP contribution in [-0.2, 0) is 0 Å². The summed E-state index contributed by atoms with van der Waals surface area (Å²) in [5.74, 6) is 2.76. The number of benzene rings is 5. The summed E-state index contributed by atoms with van der Waals surface area (Å²) in [5.41, 5.74) is 8.60. The fourth-order valence-corrected chi connectivity index (χ4v) is 7.68. The Morgan fingerprint density at radius 2 is 0.947 bits per heavy atom. The van der Waals surface area contributed by atoms with Gasteiger partial charge < -0.3 is 19.3 Å². The van der Waals surface area contributed by atoms with Gasteiger partial charge in [-0.2, -0.15) is 0 Å². The van der Waals surface area contributed by atoms with Gasteiger partial charge in [-0.3, -0.25) is 0 Å². The molecule has 4 nitrogen and oxygen atoms in total. The molecule has 0 N–H and O–H groups in total. The lowest BCUT2D eigenvalue weighted by atomic mass is 9.72. The molecule has 0 spiro atoms. The third-order valence-electron chi connectivity index (χ3n) is 9.23. The molecular formula is C34H28N2O2. The van der Waals surface area contributed by atoms with Crippen molar-refractivity contribution in [1.29, 1.82) is 0 Å². The van der Waals surface area contributed by atoms with Gasteiger partial charge in [0.15, 0.2) is 13.5 Å². The first kappa shape index (κ1) is 20.8. The highest BCUT2D eigenvalue weighted by molar-refractivity contribution is 6.22. The monoisotopic (exact) mass is 496 g/mol. The van der Waals surface area contributed by atoms with Crippen molar-refractivity contribution in [3.05, 3.63) is 107 Å². The Morgan fingerprint density at radius 3 is 1.39 bits per heavy atom. The number of hydrogen-bond acceptors (Lipinski definition) is 4. The van der Waals surface area contributed by atoms with Gasteiger partial charge in [0.05, 0.1) is 22.1 Å². The summed E-state index contributed by atoms with van der Waals surface area (Å²) in [4.78, 5) is 4.98. The molecule has 0 fully saturated rings. The Kier molecular flexibility index (Phi) is 4.20. The molecule has 0 aliphatic carbocycles. The number of nitrogens with zero attached hydrogens (tertiary/aromatic N) is 2. The van der Waals surface area contributed by atoms with Gasteiger partial charge in [-0.15, -0.1) is 0 Å². The molecule has 0 saturated carbocycles. The molecule has 0 aromatic heterocycles. The second-order valence-electron chi connectivity index (χ2n) is 11.1. The molecule has 9 rings (SSSR count). The first-order valence-corrected chi connectivity index (χ1v) is 13.8. The largest absolute Gasteiger partial charge is 0.472 e. The SMILES string of the molecule is c1ccc(C2CCN3COc4c5ccccc5c5c6c7c(c2c3c46)C(c2ccccc2)CCN7CO5)cc1. The van der Waals surface area contributed by atoms with E-state index in [4.69, 9.17) is 9.47 Å². The van der Waals surface area contributed by atoms with Crippen LogP contribution in [0.5, 0.6) is 11.5 Å². The van der Waals surface area contributed by atoms with Crippen molar-refractivity contribution in [1.82, 2.24) is 0 Å². The van der Waals surface area contributed by atoms with Gasteiger partial charge in [0.25, 0.3) is 0 Å². The second-order valence-corrected chi connectivity index (χ2v) is 11.1. The summed E-state index contributed by atoms with van der Waals surface area (Å²) in [7, 11) is 0. The van der Waals surface area contributed by atoms with Crippen molar-refractivity contribution in [3.63, 3.8) is 0 Å². The van der Waals surface area contributed by atoms with E-state index in [2.05, 4.69) is 94.7 Å². The van der Waals surface area contributed by atoms with Crippen LogP contribution in [0, 0.1) is 0 Å². The van der Waals surface area contributed by atoms with Gasteiger partial charge in [0.1, 0.15) is 11.5 Å². The van der Waals surface area contributed by atoms with E-state index in [0.29, 0.717) is 25.3 Å². The second kappa shape index (κ2) is 7.67. The van der Waals surface area contributed by atoms with Gasteiger partial charge in [-0.05, 0) is 35.1 Å². The zero-order chi connectivity index (χ0) is 24.8. The standard InChI is InChI=1S/C34H28N2O2/c1-3-9-21(10-4-1)23-15-17-35-19-37-33-25-13-7-8-14-26(25)34-30-29(33)31(35)27(23)28-24(22-11-5-2-6-12-22)16-18-36(20-38-34)32(28)30/h1-14,23-24H,15-20H2. The molecule has 5 aromatic carbocycles. The van der Waals surface area contributed by atoms with Crippen molar-refractivity contribution in [3.8, 4) is 11.5 Å². The quantitative estimate of drug-likeness (QED) is 0.238. The maximum absolute atomic E-state index is 6.61. The Bertz CT molecular complexity index is 1620. The summed E-state index contributed by atoms with van der Waals surface area (Å²) in [5, 5.41) is 4.81. The number of hydrogen-bond donors (Lipinski definition) is 0. The molecular weight excluding hydrogens is 468 g/mol. The van der Waals surface area contributed by atoms with Gasteiger partial charge >= 0.3 is 0 Å². The van der Waals surface area contributed by atoms with Crippen LogP contribution in [0.3, 0.4) is 0 Å². The molecule has 2 unspecified atom stereocenters. The minimum absolute atomic E-state index is 0.355. The van der Waals surface area contributed by atoms with Crippen LogP contribution in [0.15, 0.2) is 84.9 Å². The van der Waals surface area contributed by atoms with Crippen molar-refractivity contribution in [2.75, 3.05) is 36.4 Å². The van der Waals surface area contributed by atoms with Crippen molar-refractivity contribution < 1.29 is 9.47 Å². The zero-order valence-corrected chi connectivity index (χ0v) is 21.2. The van der Waals surface area contributed by atoms with Crippen LogP contribution in [0.4, 0.5) is 11.4 Å². The Labute approximate surface area is 222 Å². The number of fused-ring (bicyclic) bond motifs is 4. The molecule has 0 bridgehead atoms. The van der Waals surface area contributed by atoms with Crippen LogP contribution < -0.4 is 19.3 Å². The molecule has 0 amide bonds. The van der Waals surface area contributed by atoms with E-state index < -0.39 is 0 Å². The molecule has 38 heavy (non-hydrogen) atoms. The third kappa shape index (κ3) is 2.65. The van der Waals surface area contributed by atoms with Crippen molar-refractivity contribution >= 4 is 32.9 Å².